The number of nitrogens with zero attached hydrogens (tertiary/aromatic N) is 2. The van der Waals surface area contributed by atoms with Gasteiger partial charge in [-0.15, -0.1) is 0 Å². The predicted octanol–water partition coefficient (Wildman–Crippen LogP) is 3.08. The zero-order valence-electron chi connectivity index (χ0n) is 11.7. The van der Waals surface area contributed by atoms with Gasteiger partial charge in [0.15, 0.2) is 5.82 Å². The van der Waals surface area contributed by atoms with Crippen molar-refractivity contribution in [1.29, 1.82) is 0 Å². The van der Waals surface area contributed by atoms with Crippen molar-refractivity contribution in [2.24, 2.45) is 0 Å². The van der Waals surface area contributed by atoms with Crippen LogP contribution < -0.4 is 11.6 Å². The lowest BCUT2D eigenvalue weighted by molar-refractivity contribution is 0.151. The number of hydrogen-bond acceptors (Lipinski definition) is 3. The maximum absolute atomic E-state index is 12.8. The molecule has 0 saturated heterocycles. The highest BCUT2D eigenvalue weighted by Gasteiger charge is 2.24. The molecule has 2 aromatic rings. The Hall–Kier alpha value is -2.11. The molecule has 2 rings (SSSR count). The van der Waals surface area contributed by atoms with E-state index in [4.69, 9.17) is 11.6 Å². The van der Waals surface area contributed by atoms with Gasteiger partial charge in [-0.05, 0) is 6.07 Å². The Balaban J connectivity index is 2.57. The molecule has 0 unspecified atom stereocenters. The van der Waals surface area contributed by atoms with Gasteiger partial charge in [-0.1, -0.05) is 39.0 Å². The van der Waals surface area contributed by atoms with Gasteiger partial charge in [0.1, 0.15) is 11.5 Å². The molecule has 0 atom stereocenters. The lowest BCUT2D eigenvalue weighted by atomic mass is 9.96. The molecular formula is C14H18F2N4. The van der Waals surface area contributed by atoms with E-state index in [-0.39, 0.29) is 16.8 Å². The number of rotatable bonds is 2. The molecule has 4 N–H and O–H groups in total. The summed E-state index contributed by atoms with van der Waals surface area (Å²) in [5.41, 5.74) is 6.56. The molecule has 0 fully saturated rings. The molecule has 0 aliphatic carbocycles. The number of halogens is 2. The first kappa shape index (κ1) is 14.3. The molecule has 0 bridgehead atoms. The number of anilines is 1. The summed E-state index contributed by atoms with van der Waals surface area (Å²) in [6.45, 7) is 5.87. The van der Waals surface area contributed by atoms with E-state index in [1.54, 1.807) is 12.1 Å². The van der Waals surface area contributed by atoms with Gasteiger partial charge in [-0.2, -0.15) is 0 Å². The van der Waals surface area contributed by atoms with E-state index < -0.39 is 6.43 Å². The quantitative estimate of drug-likeness (QED) is 0.830. The third-order valence-electron chi connectivity index (χ3n) is 3.03. The lowest BCUT2D eigenvalue weighted by Crippen LogP contribution is -2.24. The summed E-state index contributed by atoms with van der Waals surface area (Å²) >= 11 is 0. The molecular weight excluding hydrogens is 262 g/mol. The summed E-state index contributed by atoms with van der Waals surface area (Å²) in [5.74, 6) is 6.78. The van der Waals surface area contributed by atoms with Crippen LogP contribution in [0.1, 0.15) is 38.6 Å². The summed E-state index contributed by atoms with van der Waals surface area (Å²) < 4.78 is 26.8. The van der Waals surface area contributed by atoms with E-state index in [1.807, 2.05) is 20.8 Å². The number of benzene rings is 1. The van der Waals surface area contributed by atoms with Crippen molar-refractivity contribution in [2.75, 3.05) is 11.6 Å². The van der Waals surface area contributed by atoms with E-state index in [2.05, 4.69) is 4.98 Å². The fraction of sp³-hybridized carbons (Fsp3) is 0.357. The van der Waals surface area contributed by atoms with Crippen LogP contribution in [0.2, 0.25) is 0 Å². The van der Waals surface area contributed by atoms with Crippen molar-refractivity contribution in [3.05, 3.63) is 35.7 Å². The first-order valence-corrected chi connectivity index (χ1v) is 6.24. The van der Waals surface area contributed by atoms with Gasteiger partial charge in [0.05, 0.1) is 0 Å². The second-order valence-electron chi connectivity index (χ2n) is 5.72. The average Bonchev–Trinajstić information content (AvgIpc) is 2.66. The van der Waals surface area contributed by atoms with Gasteiger partial charge in [0.2, 0.25) is 0 Å². The monoisotopic (exact) mass is 280 g/mol. The van der Waals surface area contributed by atoms with E-state index >= 15 is 0 Å². The van der Waals surface area contributed by atoms with Gasteiger partial charge in [-0.3, -0.25) is 0 Å². The molecule has 6 heteroatoms. The van der Waals surface area contributed by atoms with Crippen LogP contribution >= 0.6 is 0 Å². The number of nitrogens with two attached hydrogens (primary N) is 2. The molecule has 0 saturated carbocycles. The van der Waals surface area contributed by atoms with Crippen molar-refractivity contribution >= 4 is 5.82 Å². The molecule has 20 heavy (non-hydrogen) atoms. The van der Waals surface area contributed by atoms with Gasteiger partial charge < -0.3 is 11.6 Å². The molecule has 0 amide bonds. The van der Waals surface area contributed by atoms with Crippen LogP contribution in [-0.4, -0.2) is 9.66 Å². The van der Waals surface area contributed by atoms with Crippen LogP contribution in [0.3, 0.4) is 0 Å². The summed E-state index contributed by atoms with van der Waals surface area (Å²) in [5, 5.41) is 0. The minimum atomic E-state index is -2.53. The summed E-state index contributed by atoms with van der Waals surface area (Å²) in [4.78, 5) is 4.42. The molecule has 1 aromatic heterocycles. The Kier molecular flexibility index (Phi) is 3.41. The van der Waals surface area contributed by atoms with Crippen molar-refractivity contribution in [3.8, 4) is 11.3 Å². The Labute approximate surface area is 116 Å². The smallest absolute Gasteiger partial charge is 0.263 e. The molecule has 0 aliphatic rings. The van der Waals surface area contributed by atoms with Gasteiger partial charge in [0.25, 0.3) is 6.43 Å². The molecule has 1 aromatic carbocycles. The van der Waals surface area contributed by atoms with E-state index in [1.165, 1.54) is 16.8 Å². The number of imidazole rings is 1. The van der Waals surface area contributed by atoms with Crippen LogP contribution in [0.5, 0.6) is 0 Å². The van der Waals surface area contributed by atoms with E-state index in [9.17, 15) is 8.78 Å². The third-order valence-corrected chi connectivity index (χ3v) is 3.03. The normalized spacial score (nSPS) is 12.1. The highest BCUT2D eigenvalue weighted by atomic mass is 19.3. The summed E-state index contributed by atoms with van der Waals surface area (Å²) in [6, 6.07) is 6.00. The van der Waals surface area contributed by atoms with E-state index in [0.717, 1.165) is 0 Å². The number of hydrogen-bond donors (Lipinski definition) is 2. The molecule has 0 aliphatic heterocycles. The summed E-state index contributed by atoms with van der Waals surface area (Å²) in [7, 11) is 0. The zero-order chi connectivity index (χ0) is 15.1. The van der Waals surface area contributed by atoms with Crippen LogP contribution in [-0.2, 0) is 5.41 Å². The zero-order valence-corrected chi connectivity index (χ0v) is 11.7. The van der Waals surface area contributed by atoms with Crippen molar-refractivity contribution in [1.82, 2.24) is 9.66 Å². The van der Waals surface area contributed by atoms with Gasteiger partial charge in [-0.25, -0.2) is 18.4 Å². The van der Waals surface area contributed by atoms with Crippen molar-refractivity contribution in [3.63, 3.8) is 0 Å². The predicted molar refractivity (Wildman–Crippen MR) is 75.9 cm³/mol. The van der Waals surface area contributed by atoms with Crippen LogP contribution in [0, 0.1) is 0 Å². The standard InChI is InChI=1S/C14H18F2N4/c1-14(2,3)13-19-10(12(17)20(13)18)8-5-4-6-9(7-8)11(15)16/h4-7,11H,17-18H2,1-3H3. The first-order valence-electron chi connectivity index (χ1n) is 6.24. The Morgan fingerprint density at radius 1 is 1.25 bits per heavy atom. The maximum atomic E-state index is 12.8. The van der Waals surface area contributed by atoms with Crippen LogP contribution in [0.15, 0.2) is 24.3 Å². The molecule has 0 spiro atoms. The van der Waals surface area contributed by atoms with Crippen molar-refractivity contribution in [2.45, 2.75) is 32.6 Å². The van der Waals surface area contributed by atoms with Gasteiger partial charge >= 0.3 is 0 Å². The van der Waals surface area contributed by atoms with Crippen molar-refractivity contribution < 1.29 is 8.78 Å². The van der Waals surface area contributed by atoms with Crippen LogP contribution in [0.4, 0.5) is 14.6 Å². The Morgan fingerprint density at radius 2 is 1.90 bits per heavy atom. The largest absolute Gasteiger partial charge is 0.382 e. The summed E-state index contributed by atoms with van der Waals surface area (Å²) in [6.07, 6.45) is -2.53. The Bertz CT molecular complexity index is 627. The van der Waals surface area contributed by atoms with Gasteiger partial charge in [0, 0.05) is 16.5 Å². The SMILES string of the molecule is CC(C)(C)c1nc(-c2cccc(C(F)F)c2)c(N)n1N. The molecule has 4 nitrogen and oxygen atoms in total. The topological polar surface area (TPSA) is 69.9 Å². The third kappa shape index (κ3) is 2.45. The van der Waals surface area contributed by atoms with E-state index in [0.29, 0.717) is 17.1 Å². The fourth-order valence-corrected chi connectivity index (χ4v) is 2.01. The Morgan fingerprint density at radius 3 is 2.40 bits per heavy atom. The lowest BCUT2D eigenvalue weighted by Gasteiger charge is -2.17. The minimum Gasteiger partial charge on any atom is -0.382 e. The maximum Gasteiger partial charge on any atom is 0.263 e. The second kappa shape index (κ2) is 4.77. The molecule has 0 radical (unpaired) electrons. The number of alkyl halides is 2. The van der Waals surface area contributed by atoms with Crippen LogP contribution in [0.25, 0.3) is 11.3 Å². The molecule has 108 valence electrons. The number of nitrogen functional groups attached to an aromatic ring is 2. The highest BCUT2D eigenvalue weighted by molar-refractivity contribution is 5.71. The number of aromatic nitrogens is 2. The first-order chi connectivity index (χ1) is 9.21. The minimum absolute atomic E-state index is 0.0641. The average molecular weight is 280 g/mol. The highest BCUT2D eigenvalue weighted by Crippen LogP contribution is 2.32. The second-order valence-corrected chi connectivity index (χ2v) is 5.72. The fourth-order valence-electron chi connectivity index (χ4n) is 2.01. The molecule has 1 heterocycles.